The number of amides is 1. The van der Waals surface area contributed by atoms with Gasteiger partial charge in [0, 0.05) is 23.0 Å². The Kier molecular flexibility index (Phi) is 3.77. The number of halogens is 1. The maximum absolute atomic E-state index is 11.9. The molecule has 0 atom stereocenters. The smallest absolute Gasteiger partial charge is 0.337 e. The molecule has 0 bridgehead atoms. The van der Waals surface area contributed by atoms with Gasteiger partial charge in [0.25, 0.3) is 5.91 Å². The van der Waals surface area contributed by atoms with Gasteiger partial charge in [0.1, 0.15) is 0 Å². The van der Waals surface area contributed by atoms with Crippen LogP contribution in [0.4, 0.5) is 5.69 Å². The summed E-state index contributed by atoms with van der Waals surface area (Å²) in [6.45, 7) is 0. The Morgan fingerprint density at radius 2 is 1.84 bits per heavy atom. The highest BCUT2D eigenvalue weighted by atomic mass is 35.5. The zero-order chi connectivity index (χ0) is 13.8. The molecule has 0 unspecified atom stereocenters. The molecule has 0 spiro atoms. The number of nitrogens with one attached hydrogen (secondary N) is 1. The summed E-state index contributed by atoms with van der Waals surface area (Å²) in [6.07, 6.45) is 2.95. The van der Waals surface area contributed by atoms with Gasteiger partial charge in [0.2, 0.25) is 0 Å². The molecule has 6 heteroatoms. The molecule has 2 rings (SSSR count). The number of aromatic nitrogens is 1. The molecule has 1 heterocycles. The van der Waals surface area contributed by atoms with Crippen molar-refractivity contribution in [3.8, 4) is 0 Å². The first-order chi connectivity index (χ1) is 9.08. The number of nitrogens with zero attached hydrogens (tertiary/aromatic N) is 1. The second-order valence-electron chi connectivity index (χ2n) is 3.69. The molecule has 0 saturated carbocycles. The number of carbonyl (C=O) groups excluding carboxylic acids is 1. The van der Waals surface area contributed by atoms with Crippen LogP contribution in [0.15, 0.2) is 42.7 Å². The van der Waals surface area contributed by atoms with E-state index in [1.54, 1.807) is 0 Å². The molecule has 1 amide bonds. The van der Waals surface area contributed by atoms with E-state index in [4.69, 9.17) is 16.7 Å². The lowest BCUT2D eigenvalue weighted by Gasteiger charge is -2.08. The van der Waals surface area contributed by atoms with Gasteiger partial charge in [-0.1, -0.05) is 11.6 Å². The Hall–Kier alpha value is -2.40. The van der Waals surface area contributed by atoms with Gasteiger partial charge in [-0.2, -0.15) is 0 Å². The lowest BCUT2D eigenvalue weighted by molar-refractivity contribution is 0.0698. The average molecular weight is 277 g/mol. The van der Waals surface area contributed by atoms with Crippen LogP contribution in [0.25, 0.3) is 0 Å². The molecule has 2 N–H and O–H groups in total. The van der Waals surface area contributed by atoms with Crippen molar-refractivity contribution in [3.63, 3.8) is 0 Å². The molecule has 0 saturated heterocycles. The zero-order valence-corrected chi connectivity index (χ0v) is 10.4. The molecular weight excluding hydrogens is 268 g/mol. The number of carboxylic acids is 1. The number of carbonyl (C=O) groups is 2. The maximum atomic E-state index is 11.9. The predicted octanol–water partition coefficient (Wildman–Crippen LogP) is 2.69. The monoisotopic (exact) mass is 276 g/mol. The van der Waals surface area contributed by atoms with Crippen LogP contribution in [-0.2, 0) is 0 Å². The number of rotatable bonds is 3. The number of carboxylic acid groups (broad SMARTS) is 1. The first-order valence-corrected chi connectivity index (χ1v) is 5.70. The number of aromatic carboxylic acids is 1. The van der Waals surface area contributed by atoms with Crippen LogP contribution in [0.2, 0.25) is 5.02 Å². The Morgan fingerprint density at radius 1 is 1.16 bits per heavy atom. The number of pyridine rings is 1. The van der Waals surface area contributed by atoms with Crippen LogP contribution in [0.5, 0.6) is 0 Å². The van der Waals surface area contributed by atoms with Gasteiger partial charge in [-0.05, 0) is 30.3 Å². The van der Waals surface area contributed by atoms with Crippen molar-refractivity contribution < 1.29 is 14.7 Å². The number of anilines is 1. The first kappa shape index (κ1) is 13.0. The third-order valence-corrected chi connectivity index (χ3v) is 2.64. The molecule has 0 aliphatic carbocycles. The van der Waals surface area contributed by atoms with Crippen molar-refractivity contribution in [1.82, 2.24) is 4.98 Å². The van der Waals surface area contributed by atoms with Crippen LogP contribution >= 0.6 is 11.6 Å². The third-order valence-electron chi connectivity index (χ3n) is 2.40. The van der Waals surface area contributed by atoms with Gasteiger partial charge in [-0.15, -0.1) is 0 Å². The Labute approximate surface area is 113 Å². The highest BCUT2D eigenvalue weighted by Crippen LogP contribution is 2.21. The molecule has 1 aromatic carbocycles. The second-order valence-corrected chi connectivity index (χ2v) is 4.12. The summed E-state index contributed by atoms with van der Waals surface area (Å²) >= 11 is 5.80. The van der Waals surface area contributed by atoms with Crippen LogP contribution in [0.1, 0.15) is 20.7 Å². The van der Waals surface area contributed by atoms with E-state index in [-0.39, 0.29) is 11.3 Å². The van der Waals surface area contributed by atoms with Crippen LogP contribution in [-0.4, -0.2) is 22.0 Å². The van der Waals surface area contributed by atoms with Crippen molar-refractivity contribution in [3.05, 3.63) is 58.9 Å². The quantitative estimate of drug-likeness (QED) is 0.903. The number of benzene rings is 1. The molecule has 0 fully saturated rings. The SMILES string of the molecule is O=C(Nc1cc(Cl)ccc1C(=O)O)c1ccncc1. The topological polar surface area (TPSA) is 79.3 Å². The maximum Gasteiger partial charge on any atom is 0.337 e. The Morgan fingerprint density at radius 3 is 2.47 bits per heavy atom. The van der Waals surface area contributed by atoms with E-state index in [1.807, 2.05) is 0 Å². The summed E-state index contributed by atoms with van der Waals surface area (Å²) in [5.41, 5.74) is 0.514. The molecule has 5 nitrogen and oxygen atoms in total. The minimum Gasteiger partial charge on any atom is -0.478 e. The summed E-state index contributed by atoms with van der Waals surface area (Å²) in [4.78, 5) is 26.8. The van der Waals surface area contributed by atoms with Gasteiger partial charge in [0.15, 0.2) is 0 Å². The van der Waals surface area contributed by atoms with Crippen LogP contribution in [0, 0.1) is 0 Å². The highest BCUT2D eigenvalue weighted by Gasteiger charge is 2.13. The minimum atomic E-state index is -1.14. The second kappa shape index (κ2) is 5.49. The summed E-state index contributed by atoms with van der Waals surface area (Å²) in [5.74, 6) is -1.56. The van der Waals surface area contributed by atoms with E-state index >= 15 is 0 Å². The van der Waals surface area contributed by atoms with Crippen LogP contribution < -0.4 is 5.32 Å². The lowest BCUT2D eigenvalue weighted by Crippen LogP contribution is -2.14. The largest absolute Gasteiger partial charge is 0.478 e. The summed E-state index contributed by atoms with van der Waals surface area (Å²) in [6, 6.07) is 7.24. The molecule has 0 aliphatic heterocycles. The molecule has 19 heavy (non-hydrogen) atoms. The van der Waals surface area contributed by atoms with E-state index in [1.165, 1.54) is 42.7 Å². The number of hydrogen-bond acceptors (Lipinski definition) is 3. The molecular formula is C13H9ClN2O3. The summed E-state index contributed by atoms with van der Waals surface area (Å²) < 4.78 is 0. The molecule has 96 valence electrons. The van der Waals surface area contributed by atoms with Crippen molar-refractivity contribution in [2.75, 3.05) is 5.32 Å². The lowest BCUT2D eigenvalue weighted by atomic mass is 10.1. The summed E-state index contributed by atoms with van der Waals surface area (Å²) in [7, 11) is 0. The standard InChI is InChI=1S/C13H9ClN2O3/c14-9-1-2-10(13(18)19)11(7-9)16-12(17)8-3-5-15-6-4-8/h1-7H,(H,16,17)(H,18,19). The average Bonchev–Trinajstić information content (AvgIpc) is 2.39. The predicted molar refractivity (Wildman–Crippen MR) is 70.6 cm³/mol. The molecule has 2 aromatic rings. The minimum absolute atomic E-state index is 0.0215. The van der Waals surface area contributed by atoms with E-state index in [9.17, 15) is 9.59 Å². The van der Waals surface area contributed by atoms with Crippen molar-refractivity contribution in [1.29, 1.82) is 0 Å². The summed E-state index contributed by atoms with van der Waals surface area (Å²) in [5, 5.41) is 11.9. The van der Waals surface area contributed by atoms with Gasteiger partial charge in [-0.25, -0.2) is 4.79 Å². The van der Waals surface area contributed by atoms with Crippen LogP contribution in [0.3, 0.4) is 0 Å². The van der Waals surface area contributed by atoms with E-state index in [0.717, 1.165) is 0 Å². The van der Waals surface area contributed by atoms with E-state index in [0.29, 0.717) is 10.6 Å². The van der Waals surface area contributed by atoms with Gasteiger partial charge < -0.3 is 10.4 Å². The van der Waals surface area contributed by atoms with Gasteiger partial charge in [0.05, 0.1) is 11.3 Å². The zero-order valence-electron chi connectivity index (χ0n) is 9.63. The van der Waals surface area contributed by atoms with E-state index < -0.39 is 11.9 Å². The van der Waals surface area contributed by atoms with Crippen molar-refractivity contribution in [2.24, 2.45) is 0 Å². The first-order valence-electron chi connectivity index (χ1n) is 5.32. The normalized spacial score (nSPS) is 9.95. The fourth-order valence-electron chi connectivity index (χ4n) is 1.50. The van der Waals surface area contributed by atoms with E-state index in [2.05, 4.69) is 10.3 Å². The Balaban J connectivity index is 2.31. The fourth-order valence-corrected chi connectivity index (χ4v) is 1.68. The number of hydrogen-bond donors (Lipinski definition) is 2. The highest BCUT2D eigenvalue weighted by molar-refractivity contribution is 6.31. The fraction of sp³-hybridized carbons (Fsp3) is 0. The van der Waals surface area contributed by atoms with Gasteiger partial charge >= 0.3 is 5.97 Å². The molecule has 1 aromatic heterocycles. The van der Waals surface area contributed by atoms with Crippen molar-refractivity contribution in [2.45, 2.75) is 0 Å². The Bertz CT molecular complexity index is 629. The van der Waals surface area contributed by atoms with Crippen molar-refractivity contribution >= 4 is 29.2 Å². The van der Waals surface area contributed by atoms with Gasteiger partial charge in [-0.3, -0.25) is 9.78 Å². The molecule has 0 radical (unpaired) electrons. The molecule has 0 aliphatic rings. The third kappa shape index (κ3) is 3.08.